The fourth-order valence-electron chi connectivity index (χ4n) is 6.56. The van der Waals surface area contributed by atoms with E-state index in [1.807, 2.05) is 22.7 Å². The van der Waals surface area contributed by atoms with Crippen LogP contribution in [-0.2, 0) is 0 Å². The van der Waals surface area contributed by atoms with Gasteiger partial charge in [0, 0.05) is 47.0 Å². The van der Waals surface area contributed by atoms with Crippen LogP contribution in [0.1, 0.15) is 0 Å². The van der Waals surface area contributed by atoms with Crippen LogP contribution in [0.15, 0.2) is 164 Å². The first-order valence-electron chi connectivity index (χ1n) is 15.2. The van der Waals surface area contributed by atoms with Crippen LogP contribution in [0.4, 0.5) is 17.1 Å². The Balaban J connectivity index is 1.30. The first-order valence-corrected chi connectivity index (χ1v) is 16.8. The lowest BCUT2D eigenvalue weighted by molar-refractivity contribution is 1.31. The monoisotopic (exact) mass is 609 g/mol. The molecular weight excluding hydrogens is 583 g/mol. The van der Waals surface area contributed by atoms with E-state index >= 15 is 0 Å². The number of hydrogen-bond acceptors (Lipinski definition) is 3. The van der Waals surface area contributed by atoms with E-state index < -0.39 is 0 Å². The van der Waals surface area contributed by atoms with Gasteiger partial charge in [0.1, 0.15) is 0 Å². The molecule has 0 saturated carbocycles. The molecule has 0 bridgehead atoms. The molecule has 0 saturated heterocycles. The summed E-state index contributed by atoms with van der Waals surface area (Å²) in [7, 11) is 0. The molecule has 9 aromatic rings. The van der Waals surface area contributed by atoms with Crippen molar-refractivity contribution in [1.82, 2.24) is 0 Å². The van der Waals surface area contributed by atoms with E-state index in [0.717, 1.165) is 11.4 Å². The quantitative estimate of drug-likeness (QED) is 0.188. The summed E-state index contributed by atoms with van der Waals surface area (Å²) in [5.41, 5.74) is 8.44. The molecule has 0 aliphatic rings. The second kappa shape index (κ2) is 10.7. The topological polar surface area (TPSA) is 3.24 Å². The number of benzene rings is 7. The van der Waals surface area contributed by atoms with Gasteiger partial charge < -0.3 is 4.90 Å². The summed E-state index contributed by atoms with van der Waals surface area (Å²) in [6, 6.07) is 59.6. The van der Waals surface area contributed by atoms with Crippen LogP contribution in [0.5, 0.6) is 0 Å². The Morgan fingerprint density at radius 2 is 0.956 bits per heavy atom. The lowest BCUT2D eigenvalue weighted by Gasteiger charge is -2.27. The van der Waals surface area contributed by atoms with Crippen molar-refractivity contribution >= 4 is 80.1 Å². The zero-order valence-corrected chi connectivity index (χ0v) is 26.0. The van der Waals surface area contributed by atoms with E-state index in [2.05, 4.69) is 169 Å². The van der Waals surface area contributed by atoms with Crippen molar-refractivity contribution in [3.8, 4) is 22.3 Å². The van der Waals surface area contributed by atoms with Gasteiger partial charge in [-0.05, 0) is 64.7 Å². The highest BCUT2D eigenvalue weighted by Gasteiger charge is 2.21. The van der Waals surface area contributed by atoms with E-state index in [0.29, 0.717) is 0 Å². The molecule has 0 amide bonds. The largest absolute Gasteiger partial charge is 0.309 e. The first kappa shape index (κ1) is 26.2. The molecule has 212 valence electrons. The average Bonchev–Trinajstić information content (AvgIpc) is 3.68. The normalized spacial score (nSPS) is 11.6. The molecule has 0 aliphatic heterocycles. The maximum absolute atomic E-state index is 2.45. The van der Waals surface area contributed by atoms with Gasteiger partial charge in [-0.3, -0.25) is 0 Å². The Morgan fingerprint density at radius 1 is 0.378 bits per heavy atom. The Bertz CT molecular complexity index is 2470. The summed E-state index contributed by atoms with van der Waals surface area (Å²) in [5, 5.41) is 5.25. The van der Waals surface area contributed by atoms with E-state index in [-0.39, 0.29) is 0 Å². The van der Waals surface area contributed by atoms with Gasteiger partial charge in [0.25, 0.3) is 0 Å². The molecule has 0 aliphatic carbocycles. The molecule has 2 aromatic heterocycles. The van der Waals surface area contributed by atoms with E-state index in [1.54, 1.807) is 0 Å². The Kier molecular flexibility index (Phi) is 6.26. The SMILES string of the molecule is c1ccc(-c2ccc(N(c3ccc4c(c3)sc3ccccc34)c3ccc(-c4ccccc4)c4c3sc3ccccc34)cc2)cc1. The Labute approximate surface area is 269 Å². The molecular formula is C42H27NS2. The van der Waals surface area contributed by atoms with Crippen molar-refractivity contribution in [3.63, 3.8) is 0 Å². The standard InChI is InChI=1S/C42H27NS2/c1-3-11-28(12-4-1)29-19-21-31(22-20-29)43(32-23-24-35-34-15-7-9-17-38(34)44-40(35)27-32)37-26-25-33(30-13-5-2-6-14-30)41-36-16-8-10-18-39(36)45-42(37)41/h1-27H. The van der Waals surface area contributed by atoms with Crippen LogP contribution in [-0.4, -0.2) is 0 Å². The van der Waals surface area contributed by atoms with Gasteiger partial charge in [-0.15, -0.1) is 22.7 Å². The molecule has 2 heterocycles. The van der Waals surface area contributed by atoms with Crippen molar-refractivity contribution in [3.05, 3.63) is 164 Å². The predicted octanol–water partition coefficient (Wildman–Crippen LogP) is 13.2. The highest BCUT2D eigenvalue weighted by atomic mass is 32.1. The van der Waals surface area contributed by atoms with Gasteiger partial charge in [-0.1, -0.05) is 121 Å². The zero-order chi connectivity index (χ0) is 29.7. The van der Waals surface area contributed by atoms with Crippen molar-refractivity contribution in [1.29, 1.82) is 0 Å². The fourth-order valence-corrected chi connectivity index (χ4v) is 8.93. The maximum Gasteiger partial charge on any atom is 0.0640 e. The van der Waals surface area contributed by atoms with Crippen LogP contribution in [0.25, 0.3) is 62.6 Å². The molecule has 0 unspecified atom stereocenters. The van der Waals surface area contributed by atoms with Crippen LogP contribution in [0.3, 0.4) is 0 Å². The minimum absolute atomic E-state index is 1.14. The predicted molar refractivity (Wildman–Crippen MR) is 198 cm³/mol. The average molecular weight is 610 g/mol. The minimum atomic E-state index is 1.14. The van der Waals surface area contributed by atoms with Crippen LogP contribution < -0.4 is 4.90 Å². The van der Waals surface area contributed by atoms with Gasteiger partial charge in [0.15, 0.2) is 0 Å². The van der Waals surface area contributed by atoms with Crippen molar-refractivity contribution in [2.24, 2.45) is 0 Å². The molecule has 0 N–H and O–H groups in total. The van der Waals surface area contributed by atoms with Crippen LogP contribution in [0, 0.1) is 0 Å². The minimum Gasteiger partial charge on any atom is -0.309 e. The molecule has 0 atom stereocenters. The highest BCUT2D eigenvalue weighted by molar-refractivity contribution is 7.26. The number of nitrogens with zero attached hydrogens (tertiary/aromatic N) is 1. The number of rotatable bonds is 5. The van der Waals surface area contributed by atoms with Gasteiger partial charge in [-0.2, -0.15) is 0 Å². The zero-order valence-electron chi connectivity index (χ0n) is 24.4. The summed E-state index contributed by atoms with van der Waals surface area (Å²) >= 11 is 3.75. The summed E-state index contributed by atoms with van der Waals surface area (Å²) < 4.78 is 5.22. The summed E-state index contributed by atoms with van der Waals surface area (Å²) in [4.78, 5) is 2.45. The first-order chi connectivity index (χ1) is 22.3. The smallest absolute Gasteiger partial charge is 0.0640 e. The summed E-state index contributed by atoms with van der Waals surface area (Å²) in [5.74, 6) is 0. The van der Waals surface area contributed by atoms with Gasteiger partial charge >= 0.3 is 0 Å². The second-order valence-corrected chi connectivity index (χ2v) is 13.5. The van der Waals surface area contributed by atoms with Crippen molar-refractivity contribution in [2.45, 2.75) is 0 Å². The highest BCUT2D eigenvalue weighted by Crippen LogP contribution is 2.49. The summed E-state index contributed by atoms with van der Waals surface area (Å²) in [6.45, 7) is 0. The van der Waals surface area contributed by atoms with Crippen LogP contribution in [0.2, 0.25) is 0 Å². The molecule has 0 spiro atoms. The Morgan fingerprint density at radius 3 is 1.71 bits per heavy atom. The van der Waals surface area contributed by atoms with Crippen molar-refractivity contribution < 1.29 is 0 Å². The maximum atomic E-state index is 2.45. The van der Waals surface area contributed by atoms with Crippen LogP contribution >= 0.6 is 22.7 Å². The second-order valence-electron chi connectivity index (χ2n) is 11.3. The number of anilines is 3. The molecule has 9 rings (SSSR count). The Hall–Kier alpha value is -5.22. The molecule has 3 heteroatoms. The molecule has 0 radical (unpaired) electrons. The molecule has 7 aromatic carbocycles. The number of hydrogen-bond donors (Lipinski definition) is 0. The number of fused-ring (bicyclic) bond motifs is 6. The third kappa shape index (κ3) is 4.43. The lowest BCUT2D eigenvalue weighted by atomic mass is 9.98. The van der Waals surface area contributed by atoms with E-state index in [9.17, 15) is 0 Å². The van der Waals surface area contributed by atoms with E-state index in [4.69, 9.17) is 0 Å². The van der Waals surface area contributed by atoms with E-state index in [1.165, 1.54) is 68.3 Å². The third-order valence-electron chi connectivity index (χ3n) is 8.68. The number of thiophene rings is 2. The van der Waals surface area contributed by atoms with Gasteiger partial charge in [-0.25, -0.2) is 0 Å². The van der Waals surface area contributed by atoms with Crippen molar-refractivity contribution in [2.75, 3.05) is 4.90 Å². The molecule has 45 heavy (non-hydrogen) atoms. The third-order valence-corrected chi connectivity index (χ3v) is 11.0. The van der Waals surface area contributed by atoms with Gasteiger partial charge in [0.05, 0.1) is 10.4 Å². The lowest BCUT2D eigenvalue weighted by Crippen LogP contribution is -2.10. The summed E-state index contributed by atoms with van der Waals surface area (Å²) in [6.07, 6.45) is 0. The van der Waals surface area contributed by atoms with Gasteiger partial charge in [0.2, 0.25) is 0 Å². The molecule has 1 nitrogen and oxygen atoms in total. The molecule has 0 fully saturated rings. The fraction of sp³-hybridized carbons (Fsp3) is 0.